The van der Waals surface area contributed by atoms with E-state index in [0.717, 1.165) is 5.56 Å². The van der Waals surface area contributed by atoms with Crippen LogP contribution < -0.4 is 5.32 Å². The Morgan fingerprint density at radius 3 is 2.39 bits per heavy atom. The van der Waals surface area contributed by atoms with Gasteiger partial charge in [0.2, 0.25) is 11.8 Å². The summed E-state index contributed by atoms with van der Waals surface area (Å²) in [7, 11) is 0. The molecule has 1 aliphatic heterocycles. The molecule has 2 amide bonds. The molecule has 5 nitrogen and oxygen atoms in total. The van der Waals surface area contributed by atoms with Gasteiger partial charge in [-0.05, 0) is 30.7 Å². The molecule has 1 fully saturated rings. The van der Waals surface area contributed by atoms with Crippen molar-refractivity contribution < 1.29 is 14.0 Å². The maximum atomic E-state index is 13.7. The SMILES string of the molecule is CC(C(=O)Nc1ccccc1F)N1CCN(C(=O)Cc2ccccc2Cl)CC1. The summed E-state index contributed by atoms with van der Waals surface area (Å²) in [5.41, 5.74) is 0.988. The zero-order valence-corrected chi connectivity index (χ0v) is 16.5. The van der Waals surface area contributed by atoms with E-state index in [9.17, 15) is 14.0 Å². The van der Waals surface area contributed by atoms with Gasteiger partial charge in [-0.25, -0.2) is 4.39 Å². The molecule has 1 atom stereocenters. The Kier molecular flexibility index (Phi) is 6.65. The number of benzene rings is 2. The third-order valence-electron chi connectivity index (χ3n) is 5.03. The van der Waals surface area contributed by atoms with E-state index in [1.807, 2.05) is 23.1 Å². The second-order valence-electron chi connectivity index (χ2n) is 6.83. The molecule has 3 rings (SSSR count). The van der Waals surface area contributed by atoms with E-state index in [0.29, 0.717) is 31.2 Å². The van der Waals surface area contributed by atoms with Crippen molar-refractivity contribution in [3.63, 3.8) is 0 Å². The van der Waals surface area contributed by atoms with Crippen molar-refractivity contribution >= 4 is 29.1 Å². The molecule has 0 spiro atoms. The lowest BCUT2D eigenvalue weighted by atomic mass is 10.1. The van der Waals surface area contributed by atoms with Crippen LogP contribution in [0.25, 0.3) is 0 Å². The number of halogens is 2. The first-order valence-corrected chi connectivity index (χ1v) is 9.64. The van der Waals surface area contributed by atoms with Crippen LogP contribution in [0.5, 0.6) is 0 Å². The molecule has 1 aliphatic rings. The van der Waals surface area contributed by atoms with Gasteiger partial charge in [-0.2, -0.15) is 0 Å². The van der Waals surface area contributed by atoms with E-state index < -0.39 is 11.9 Å². The van der Waals surface area contributed by atoms with Crippen molar-refractivity contribution in [2.45, 2.75) is 19.4 Å². The van der Waals surface area contributed by atoms with Crippen LogP contribution in [0, 0.1) is 5.82 Å². The van der Waals surface area contributed by atoms with Gasteiger partial charge in [0.15, 0.2) is 0 Å². The van der Waals surface area contributed by atoms with Gasteiger partial charge in [0.1, 0.15) is 5.82 Å². The summed E-state index contributed by atoms with van der Waals surface area (Å²) in [5.74, 6) is -0.699. The molecule has 0 bridgehead atoms. The first-order chi connectivity index (χ1) is 13.5. The standard InChI is InChI=1S/C21H23ClFN3O2/c1-15(21(28)24-19-9-5-4-8-18(19)23)25-10-12-26(13-11-25)20(27)14-16-6-2-3-7-17(16)22/h2-9,15H,10-14H2,1H3,(H,24,28). The number of nitrogens with zero attached hydrogens (tertiary/aromatic N) is 2. The number of carbonyl (C=O) groups is 2. The van der Waals surface area contributed by atoms with Crippen LogP contribution in [-0.2, 0) is 16.0 Å². The zero-order chi connectivity index (χ0) is 20.1. The zero-order valence-electron chi connectivity index (χ0n) is 15.7. The molecule has 2 aromatic carbocycles. The average molecular weight is 404 g/mol. The Labute approximate surface area is 169 Å². The maximum Gasteiger partial charge on any atom is 0.241 e. The Morgan fingerprint density at radius 2 is 1.71 bits per heavy atom. The molecule has 28 heavy (non-hydrogen) atoms. The molecule has 2 aromatic rings. The lowest BCUT2D eigenvalue weighted by molar-refractivity contribution is -0.133. The van der Waals surface area contributed by atoms with E-state index in [1.54, 1.807) is 30.0 Å². The van der Waals surface area contributed by atoms with E-state index >= 15 is 0 Å². The quantitative estimate of drug-likeness (QED) is 0.834. The lowest BCUT2D eigenvalue weighted by Crippen LogP contribution is -2.54. The van der Waals surface area contributed by atoms with Crippen molar-refractivity contribution in [1.29, 1.82) is 0 Å². The largest absolute Gasteiger partial charge is 0.340 e. The number of piperazine rings is 1. The Morgan fingerprint density at radius 1 is 1.07 bits per heavy atom. The summed E-state index contributed by atoms with van der Waals surface area (Å²) in [6, 6.07) is 13.0. The number of hydrogen-bond acceptors (Lipinski definition) is 3. The highest BCUT2D eigenvalue weighted by atomic mass is 35.5. The van der Waals surface area contributed by atoms with Crippen LogP contribution in [0.3, 0.4) is 0 Å². The van der Waals surface area contributed by atoms with Gasteiger partial charge >= 0.3 is 0 Å². The number of para-hydroxylation sites is 1. The third kappa shape index (κ3) is 4.88. The topological polar surface area (TPSA) is 52.7 Å². The van der Waals surface area contributed by atoms with Crippen molar-refractivity contribution in [3.05, 3.63) is 64.9 Å². The number of hydrogen-bond donors (Lipinski definition) is 1. The van der Waals surface area contributed by atoms with Crippen LogP contribution in [-0.4, -0.2) is 53.8 Å². The Hall–Kier alpha value is -2.44. The highest BCUT2D eigenvalue weighted by Crippen LogP contribution is 2.18. The highest BCUT2D eigenvalue weighted by Gasteiger charge is 2.28. The fourth-order valence-electron chi connectivity index (χ4n) is 3.24. The molecule has 0 aromatic heterocycles. The van der Waals surface area contributed by atoms with Crippen molar-refractivity contribution in [3.8, 4) is 0 Å². The minimum absolute atomic E-state index is 0.0243. The molecule has 0 radical (unpaired) electrons. The number of nitrogens with one attached hydrogen (secondary N) is 1. The molecule has 1 N–H and O–H groups in total. The molecular weight excluding hydrogens is 381 g/mol. The van der Waals surface area contributed by atoms with E-state index in [4.69, 9.17) is 11.6 Å². The highest BCUT2D eigenvalue weighted by molar-refractivity contribution is 6.31. The minimum atomic E-state index is -0.460. The number of anilines is 1. The summed E-state index contributed by atoms with van der Waals surface area (Å²) < 4.78 is 13.7. The lowest BCUT2D eigenvalue weighted by Gasteiger charge is -2.37. The number of rotatable bonds is 5. The molecule has 0 aliphatic carbocycles. The van der Waals surface area contributed by atoms with Gasteiger partial charge in [-0.3, -0.25) is 14.5 Å². The van der Waals surface area contributed by atoms with Gasteiger partial charge in [0.25, 0.3) is 0 Å². The van der Waals surface area contributed by atoms with Gasteiger partial charge in [-0.15, -0.1) is 0 Å². The average Bonchev–Trinajstić information content (AvgIpc) is 2.71. The molecular formula is C21H23ClFN3O2. The minimum Gasteiger partial charge on any atom is -0.340 e. The summed E-state index contributed by atoms with van der Waals surface area (Å²) in [6.45, 7) is 4.04. The van der Waals surface area contributed by atoms with Crippen LogP contribution in [0.4, 0.5) is 10.1 Å². The van der Waals surface area contributed by atoms with Crippen LogP contribution >= 0.6 is 11.6 Å². The summed E-state index contributed by atoms with van der Waals surface area (Å²) >= 11 is 6.13. The van der Waals surface area contributed by atoms with Crippen LogP contribution in [0.2, 0.25) is 5.02 Å². The monoisotopic (exact) mass is 403 g/mol. The predicted molar refractivity (Wildman–Crippen MR) is 108 cm³/mol. The van der Waals surface area contributed by atoms with Gasteiger partial charge in [0.05, 0.1) is 18.2 Å². The molecule has 1 saturated heterocycles. The summed E-state index contributed by atoms with van der Waals surface area (Å²) in [5, 5.41) is 3.22. The second kappa shape index (κ2) is 9.17. The van der Waals surface area contributed by atoms with Crippen molar-refractivity contribution in [1.82, 2.24) is 9.80 Å². The molecule has 7 heteroatoms. The fraction of sp³-hybridized carbons (Fsp3) is 0.333. The van der Waals surface area contributed by atoms with Gasteiger partial charge in [0, 0.05) is 31.2 Å². The molecule has 148 valence electrons. The Bertz CT molecular complexity index is 853. The normalized spacial score (nSPS) is 15.9. The van der Waals surface area contributed by atoms with Gasteiger partial charge < -0.3 is 10.2 Å². The summed E-state index contributed by atoms with van der Waals surface area (Å²) in [4.78, 5) is 28.8. The second-order valence-corrected chi connectivity index (χ2v) is 7.24. The van der Waals surface area contributed by atoms with Crippen LogP contribution in [0.15, 0.2) is 48.5 Å². The fourth-order valence-corrected chi connectivity index (χ4v) is 3.44. The van der Waals surface area contributed by atoms with Gasteiger partial charge in [-0.1, -0.05) is 41.9 Å². The number of amides is 2. The third-order valence-corrected chi connectivity index (χ3v) is 5.39. The maximum absolute atomic E-state index is 13.7. The Balaban J connectivity index is 1.51. The van der Waals surface area contributed by atoms with E-state index in [1.165, 1.54) is 12.1 Å². The first-order valence-electron chi connectivity index (χ1n) is 9.26. The first kappa shape index (κ1) is 20.3. The van der Waals surface area contributed by atoms with E-state index in [2.05, 4.69) is 5.32 Å². The van der Waals surface area contributed by atoms with Crippen molar-refractivity contribution in [2.24, 2.45) is 0 Å². The van der Waals surface area contributed by atoms with Crippen LogP contribution in [0.1, 0.15) is 12.5 Å². The number of carbonyl (C=O) groups excluding carboxylic acids is 2. The molecule has 1 unspecified atom stereocenters. The predicted octanol–water partition coefficient (Wildman–Crippen LogP) is 3.19. The van der Waals surface area contributed by atoms with Crippen molar-refractivity contribution in [2.75, 3.05) is 31.5 Å². The summed E-state index contributed by atoms with van der Waals surface area (Å²) in [6.07, 6.45) is 0.267. The molecule has 1 heterocycles. The smallest absolute Gasteiger partial charge is 0.241 e. The van der Waals surface area contributed by atoms with E-state index in [-0.39, 0.29) is 23.9 Å². The molecule has 0 saturated carbocycles.